The van der Waals surface area contributed by atoms with Crippen LogP contribution >= 0.6 is 0 Å². The first-order valence-electron chi connectivity index (χ1n) is 8.65. The maximum atomic E-state index is 12.6. The predicted octanol–water partition coefficient (Wildman–Crippen LogP) is 3.45. The molecule has 3 rings (SSSR count). The Morgan fingerprint density at radius 3 is 2.83 bits per heavy atom. The van der Waals surface area contributed by atoms with Crippen molar-refractivity contribution >= 4 is 23.3 Å². The lowest BCUT2D eigenvalue weighted by atomic mass is 9.84. The normalized spacial score (nSPS) is 18.8. The zero-order valence-corrected chi connectivity index (χ0v) is 14.3. The number of rotatable bonds is 3. The van der Waals surface area contributed by atoms with E-state index in [1.54, 1.807) is 23.1 Å². The zero-order valence-electron chi connectivity index (χ0n) is 14.3. The Hall–Kier alpha value is -2.24. The van der Waals surface area contributed by atoms with E-state index < -0.39 is 0 Å². The van der Waals surface area contributed by atoms with Crippen molar-refractivity contribution in [2.75, 3.05) is 24.3 Å². The number of fused-ring (bicyclic) bond motifs is 1. The minimum Gasteiger partial charge on any atom is -0.479 e. The van der Waals surface area contributed by atoms with Crippen LogP contribution in [0.15, 0.2) is 18.2 Å². The first-order chi connectivity index (χ1) is 11.6. The van der Waals surface area contributed by atoms with Gasteiger partial charge in [-0.3, -0.25) is 4.79 Å². The van der Waals surface area contributed by atoms with E-state index in [1.165, 1.54) is 32.1 Å². The molecule has 6 heteroatoms. The molecule has 3 amide bonds. The van der Waals surface area contributed by atoms with Crippen molar-refractivity contribution in [2.45, 2.75) is 45.1 Å². The van der Waals surface area contributed by atoms with Crippen LogP contribution in [0, 0.1) is 5.92 Å². The van der Waals surface area contributed by atoms with Gasteiger partial charge in [-0.1, -0.05) is 25.3 Å². The van der Waals surface area contributed by atoms with Gasteiger partial charge in [0.25, 0.3) is 5.91 Å². The molecule has 1 saturated carbocycles. The molecule has 2 aliphatic rings. The molecule has 2 N–H and O–H groups in total. The number of nitrogens with zero attached hydrogens (tertiary/aromatic N) is 1. The quantitative estimate of drug-likeness (QED) is 0.891. The molecule has 0 saturated heterocycles. The van der Waals surface area contributed by atoms with Crippen molar-refractivity contribution in [1.82, 2.24) is 4.90 Å². The van der Waals surface area contributed by atoms with E-state index in [9.17, 15) is 9.59 Å². The number of anilines is 2. The number of para-hydroxylation sites is 1. The number of hydrogen-bond donors (Lipinski definition) is 2. The lowest BCUT2D eigenvalue weighted by molar-refractivity contribution is -0.118. The Labute approximate surface area is 142 Å². The summed E-state index contributed by atoms with van der Waals surface area (Å²) in [5.74, 6) is 0.896. The molecular formula is C18H25N3O3. The Morgan fingerprint density at radius 1 is 1.33 bits per heavy atom. The first-order valence-corrected chi connectivity index (χ1v) is 8.65. The van der Waals surface area contributed by atoms with Gasteiger partial charge in [0.15, 0.2) is 12.4 Å². The molecule has 130 valence electrons. The van der Waals surface area contributed by atoms with Crippen LogP contribution in [0.1, 0.15) is 39.0 Å². The van der Waals surface area contributed by atoms with Gasteiger partial charge in [0.1, 0.15) is 0 Å². The molecule has 1 heterocycles. The van der Waals surface area contributed by atoms with Gasteiger partial charge in [-0.25, -0.2) is 4.79 Å². The van der Waals surface area contributed by atoms with E-state index in [0.29, 0.717) is 23.0 Å². The zero-order chi connectivity index (χ0) is 17.1. The third-order valence-corrected chi connectivity index (χ3v) is 5.14. The molecule has 1 atom stereocenters. The van der Waals surface area contributed by atoms with Crippen molar-refractivity contribution in [3.63, 3.8) is 0 Å². The number of urea groups is 1. The van der Waals surface area contributed by atoms with Gasteiger partial charge in [-0.05, 0) is 37.8 Å². The number of ether oxygens (including phenoxy) is 1. The SMILES string of the molecule is CC(C1CCCCC1)N(C)C(=O)Nc1cccc2c1OCC(=O)N2. The smallest absolute Gasteiger partial charge is 0.321 e. The number of carbonyl (C=O) groups is 2. The number of nitrogens with one attached hydrogen (secondary N) is 2. The van der Waals surface area contributed by atoms with Crippen LogP contribution in [0.2, 0.25) is 0 Å². The topological polar surface area (TPSA) is 70.7 Å². The van der Waals surface area contributed by atoms with E-state index in [0.717, 1.165) is 0 Å². The van der Waals surface area contributed by atoms with Crippen LogP contribution in [-0.2, 0) is 4.79 Å². The van der Waals surface area contributed by atoms with E-state index in [4.69, 9.17) is 4.74 Å². The lowest BCUT2D eigenvalue weighted by Crippen LogP contribution is -2.43. The predicted molar refractivity (Wildman–Crippen MR) is 93.4 cm³/mol. The van der Waals surface area contributed by atoms with Crippen LogP contribution in [0.25, 0.3) is 0 Å². The van der Waals surface area contributed by atoms with Gasteiger partial charge in [0, 0.05) is 13.1 Å². The number of amides is 3. The second-order valence-electron chi connectivity index (χ2n) is 6.70. The van der Waals surface area contributed by atoms with E-state index in [1.807, 2.05) is 7.05 Å². The largest absolute Gasteiger partial charge is 0.479 e. The van der Waals surface area contributed by atoms with Gasteiger partial charge in [-0.15, -0.1) is 0 Å². The fraction of sp³-hybridized carbons (Fsp3) is 0.556. The third-order valence-electron chi connectivity index (χ3n) is 5.14. The summed E-state index contributed by atoms with van der Waals surface area (Å²) >= 11 is 0. The molecule has 0 aromatic heterocycles. The summed E-state index contributed by atoms with van der Waals surface area (Å²) in [5.41, 5.74) is 1.17. The molecule has 0 radical (unpaired) electrons. The summed E-state index contributed by atoms with van der Waals surface area (Å²) in [4.78, 5) is 25.8. The molecule has 1 aromatic rings. The lowest BCUT2D eigenvalue weighted by Gasteiger charge is -2.34. The summed E-state index contributed by atoms with van der Waals surface area (Å²) < 4.78 is 5.48. The average Bonchev–Trinajstić information content (AvgIpc) is 2.61. The van der Waals surface area contributed by atoms with Crippen LogP contribution in [-0.4, -0.2) is 36.5 Å². The average molecular weight is 331 g/mol. The van der Waals surface area contributed by atoms with Crippen LogP contribution < -0.4 is 15.4 Å². The first kappa shape index (κ1) is 16.6. The summed E-state index contributed by atoms with van der Waals surface area (Å²) in [6.45, 7) is 2.08. The van der Waals surface area contributed by atoms with Crippen molar-refractivity contribution < 1.29 is 14.3 Å². The van der Waals surface area contributed by atoms with E-state index in [2.05, 4.69) is 17.6 Å². The molecule has 1 aliphatic carbocycles. The summed E-state index contributed by atoms with van der Waals surface area (Å²) in [5, 5.41) is 5.66. The van der Waals surface area contributed by atoms with Crippen LogP contribution in [0.4, 0.5) is 16.2 Å². The molecule has 1 aliphatic heterocycles. The number of benzene rings is 1. The van der Waals surface area contributed by atoms with Crippen molar-refractivity contribution in [1.29, 1.82) is 0 Å². The second kappa shape index (κ2) is 7.11. The monoisotopic (exact) mass is 331 g/mol. The molecule has 1 unspecified atom stereocenters. The molecule has 24 heavy (non-hydrogen) atoms. The Balaban J connectivity index is 1.68. The van der Waals surface area contributed by atoms with Gasteiger partial charge in [-0.2, -0.15) is 0 Å². The highest BCUT2D eigenvalue weighted by Crippen LogP contribution is 2.36. The molecular weight excluding hydrogens is 306 g/mol. The Morgan fingerprint density at radius 2 is 2.08 bits per heavy atom. The number of carbonyl (C=O) groups excluding carboxylic acids is 2. The molecule has 0 spiro atoms. The fourth-order valence-corrected chi connectivity index (χ4v) is 3.53. The van der Waals surface area contributed by atoms with Crippen molar-refractivity contribution in [2.24, 2.45) is 5.92 Å². The highest BCUT2D eigenvalue weighted by atomic mass is 16.5. The van der Waals surface area contributed by atoms with Crippen molar-refractivity contribution in [3.8, 4) is 5.75 Å². The third kappa shape index (κ3) is 3.47. The standard InChI is InChI=1S/C18H25N3O3/c1-12(13-7-4-3-5-8-13)21(2)18(23)20-15-10-6-9-14-17(15)24-11-16(22)19-14/h6,9-10,12-13H,3-5,7-8,11H2,1-2H3,(H,19,22)(H,20,23). The van der Waals surface area contributed by atoms with Gasteiger partial charge >= 0.3 is 6.03 Å². The highest BCUT2D eigenvalue weighted by Gasteiger charge is 2.27. The minimum absolute atomic E-state index is 0.0335. The summed E-state index contributed by atoms with van der Waals surface area (Å²) in [7, 11) is 1.84. The van der Waals surface area contributed by atoms with Crippen molar-refractivity contribution in [3.05, 3.63) is 18.2 Å². The molecule has 0 bridgehead atoms. The summed E-state index contributed by atoms with van der Waals surface area (Å²) in [6.07, 6.45) is 6.19. The van der Waals surface area contributed by atoms with Gasteiger partial charge < -0.3 is 20.3 Å². The van der Waals surface area contributed by atoms with Crippen LogP contribution in [0.3, 0.4) is 0 Å². The Bertz CT molecular complexity index is 626. The van der Waals surface area contributed by atoms with E-state index in [-0.39, 0.29) is 24.6 Å². The van der Waals surface area contributed by atoms with Crippen LogP contribution in [0.5, 0.6) is 5.75 Å². The number of hydrogen-bond acceptors (Lipinski definition) is 3. The van der Waals surface area contributed by atoms with E-state index >= 15 is 0 Å². The highest BCUT2D eigenvalue weighted by molar-refractivity contribution is 5.99. The second-order valence-corrected chi connectivity index (χ2v) is 6.70. The van der Waals surface area contributed by atoms with Gasteiger partial charge in [0.05, 0.1) is 11.4 Å². The maximum absolute atomic E-state index is 12.6. The Kier molecular flexibility index (Phi) is 4.92. The fourth-order valence-electron chi connectivity index (χ4n) is 3.53. The molecule has 1 aromatic carbocycles. The summed E-state index contributed by atoms with van der Waals surface area (Å²) in [6, 6.07) is 5.38. The molecule has 1 fully saturated rings. The maximum Gasteiger partial charge on any atom is 0.321 e. The minimum atomic E-state index is -0.186. The molecule has 6 nitrogen and oxygen atoms in total. The van der Waals surface area contributed by atoms with Gasteiger partial charge in [0.2, 0.25) is 0 Å².